The molecular weight excluding hydrogens is 460 g/mol. The standard InChI is InChI=1S/C20H16BrClN4O3/c21-15-17(20(29)23-16-11-6-2-1-5-10(11)9-14(16)27)25-26-18(15)24-19(28)12-7-3-4-8-13(12)22/h1-8,14,16,27H,9H2,(H,23,29)(H2,24,25,26,28). The van der Waals surface area contributed by atoms with Gasteiger partial charge in [0, 0.05) is 6.42 Å². The minimum atomic E-state index is -0.711. The van der Waals surface area contributed by atoms with Gasteiger partial charge < -0.3 is 15.7 Å². The number of aliphatic hydroxyl groups excluding tert-OH is 1. The van der Waals surface area contributed by atoms with Gasteiger partial charge in [-0.2, -0.15) is 5.10 Å². The van der Waals surface area contributed by atoms with Crippen molar-refractivity contribution in [1.82, 2.24) is 15.5 Å². The Morgan fingerprint density at radius 1 is 1.14 bits per heavy atom. The Balaban J connectivity index is 1.51. The number of aromatic nitrogens is 2. The van der Waals surface area contributed by atoms with Gasteiger partial charge in [-0.1, -0.05) is 48.0 Å². The minimum absolute atomic E-state index is 0.135. The molecule has 0 radical (unpaired) electrons. The number of carbonyl (C=O) groups excluding carboxylic acids is 2. The van der Waals surface area contributed by atoms with Crippen molar-refractivity contribution in [2.45, 2.75) is 18.6 Å². The van der Waals surface area contributed by atoms with Crippen molar-refractivity contribution in [2.24, 2.45) is 0 Å². The van der Waals surface area contributed by atoms with E-state index in [4.69, 9.17) is 11.6 Å². The number of amides is 2. The molecule has 1 aromatic heterocycles. The second-order valence-corrected chi connectivity index (χ2v) is 7.82. The van der Waals surface area contributed by atoms with Crippen LogP contribution in [-0.4, -0.2) is 33.2 Å². The first kappa shape index (κ1) is 19.6. The van der Waals surface area contributed by atoms with Crippen molar-refractivity contribution in [2.75, 3.05) is 5.32 Å². The number of anilines is 1. The highest BCUT2D eigenvalue weighted by atomic mass is 79.9. The van der Waals surface area contributed by atoms with Crippen molar-refractivity contribution >= 4 is 45.2 Å². The van der Waals surface area contributed by atoms with Crippen LogP contribution in [0.4, 0.5) is 5.82 Å². The Labute approximate surface area is 179 Å². The topological polar surface area (TPSA) is 107 Å². The summed E-state index contributed by atoms with van der Waals surface area (Å²) in [6.07, 6.45) is -0.234. The molecule has 0 aliphatic heterocycles. The molecule has 9 heteroatoms. The molecule has 3 aromatic rings. The maximum Gasteiger partial charge on any atom is 0.271 e. The lowest BCUT2D eigenvalue weighted by Gasteiger charge is -2.17. The molecule has 1 aliphatic rings. The van der Waals surface area contributed by atoms with Crippen LogP contribution in [0.3, 0.4) is 0 Å². The van der Waals surface area contributed by atoms with Crippen LogP contribution in [0, 0.1) is 0 Å². The lowest BCUT2D eigenvalue weighted by Crippen LogP contribution is -2.34. The van der Waals surface area contributed by atoms with Crippen molar-refractivity contribution in [3.05, 3.63) is 80.4 Å². The van der Waals surface area contributed by atoms with Crippen LogP contribution in [0.5, 0.6) is 0 Å². The molecule has 2 atom stereocenters. The second-order valence-electron chi connectivity index (χ2n) is 6.62. The van der Waals surface area contributed by atoms with E-state index in [1.807, 2.05) is 24.3 Å². The van der Waals surface area contributed by atoms with E-state index < -0.39 is 24.0 Å². The number of fused-ring (bicyclic) bond motifs is 1. The SMILES string of the molecule is O=C(Nc1n[nH]c(C(=O)NC2c3ccccc3CC2O)c1Br)c1ccccc1Cl. The summed E-state index contributed by atoms with van der Waals surface area (Å²) in [4.78, 5) is 25.2. The van der Waals surface area contributed by atoms with E-state index in [0.29, 0.717) is 21.5 Å². The summed E-state index contributed by atoms with van der Waals surface area (Å²) in [5.74, 6) is -0.745. The van der Waals surface area contributed by atoms with E-state index in [2.05, 4.69) is 36.8 Å². The first-order valence-corrected chi connectivity index (χ1v) is 9.99. The fourth-order valence-corrected chi connectivity index (χ4v) is 4.02. The molecule has 0 bridgehead atoms. The maximum absolute atomic E-state index is 12.7. The molecule has 1 aliphatic carbocycles. The van der Waals surface area contributed by atoms with Gasteiger partial charge in [0.05, 0.1) is 27.2 Å². The Morgan fingerprint density at radius 3 is 2.66 bits per heavy atom. The van der Waals surface area contributed by atoms with E-state index in [1.165, 1.54) is 0 Å². The third kappa shape index (κ3) is 3.78. The van der Waals surface area contributed by atoms with Gasteiger partial charge >= 0.3 is 0 Å². The first-order valence-electron chi connectivity index (χ1n) is 8.82. The third-order valence-electron chi connectivity index (χ3n) is 4.77. The summed E-state index contributed by atoms with van der Waals surface area (Å²) in [7, 11) is 0. The van der Waals surface area contributed by atoms with Gasteiger partial charge in [0.1, 0.15) is 5.69 Å². The predicted molar refractivity (Wildman–Crippen MR) is 112 cm³/mol. The van der Waals surface area contributed by atoms with Gasteiger partial charge in [-0.3, -0.25) is 14.7 Å². The molecule has 0 spiro atoms. The minimum Gasteiger partial charge on any atom is -0.390 e. The highest BCUT2D eigenvalue weighted by Crippen LogP contribution is 2.32. The van der Waals surface area contributed by atoms with E-state index in [-0.39, 0.29) is 11.5 Å². The lowest BCUT2D eigenvalue weighted by atomic mass is 10.1. The van der Waals surface area contributed by atoms with Crippen LogP contribution >= 0.6 is 27.5 Å². The molecule has 2 amide bonds. The molecule has 0 saturated heterocycles. The van der Waals surface area contributed by atoms with E-state index >= 15 is 0 Å². The molecule has 0 saturated carbocycles. The molecule has 2 unspecified atom stereocenters. The summed E-state index contributed by atoms with van der Waals surface area (Å²) in [5, 5.41) is 22.7. The number of nitrogens with one attached hydrogen (secondary N) is 3. The Bertz CT molecular complexity index is 1100. The number of hydrogen-bond acceptors (Lipinski definition) is 4. The van der Waals surface area contributed by atoms with Crippen molar-refractivity contribution in [1.29, 1.82) is 0 Å². The third-order valence-corrected chi connectivity index (χ3v) is 5.88. The van der Waals surface area contributed by atoms with Crippen LogP contribution in [0.15, 0.2) is 53.0 Å². The molecule has 29 heavy (non-hydrogen) atoms. The van der Waals surface area contributed by atoms with E-state index in [1.54, 1.807) is 24.3 Å². The second kappa shape index (κ2) is 7.98. The summed E-state index contributed by atoms with van der Waals surface area (Å²) < 4.78 is 0.302. The molecular formula is C20H16BrClN4O3. The van der Waals surface area contributed by atoms with Crippen molar-refractivity contribution in [3.8, 4) is 0 Å². The van der Waals surface area contributed by atoms with Gasteiger partial charge in [0.15, 0.2) is 5.82 Å². The fraction of sp³-hybridized carbons (Fsp3) is 0.150. The van der Waals surface area contributed by atoms with E-state index in [9.17, 15) is 14.7 Å². The number of rotatable bonds is 4. The normalized spacial score (nSPS) is 17.6. The van der Waals surface area contributed by atoms with Gasteiger partial charge in [0.25, 0.3) is 11.8 Å². The highest BCUT2D eigenvalue weighted by molar-refractivity contribution is 9.10. The number of hydrogen-bond donors (Lipinski definition) is 4. The Kier molecular flexibility index (Phi) is 5.40. The molecule has 148 valence electrons. The fourth-order valence-electron chi connectivity index (χ4n) is 3.34. The lowest BCUT2D eigenvalue weighted by molar-refractivity contribution is 0.0852. The zero-order chi connectivity index (χ0) is 20.5. The van der Waals surface area contributed by atoms with Gasteiger partial charge in [-0.25, -0.2) is 0 Å². The van der Waals surface area contributed by atoms with Crippen molar-refractivity contribution < 1.29 is 14.7 Å². The Morgan fingerprint density at radius 2 is 1.86 bits per heavy atom. The molecule has 2 aromatic carbocycles. The zero-order valence-corrected chi connectivity index (χ0v) is 17.3. The molecule has 4 rings (SSSR count). The maximum atomic E-state index is 12.7. The number of aromatic amines is 1. The molecule has 7 nitrogen and oxygen atoms in total. The van der Waals surface area contributed by atoms with Gasteiger partial charge in [-0.05, 0) is 39.2 Å². The molecule has 1 heterocycles. The van der Waals surface area contributed by atoms with Crippen molar-refractivity contribution in [3.63, 3.8) is 0 Å². The largest absolute Gasteiger partial charge is 0.390 e. The summed E-state index contributed by atoms with van der Waals surface area (Å²) in [6, 6.07) is 13.7. The number of halogens is 2. The highest BCUT2D eigenvalue weighted by Gasteiger charge is 2.33. The zero-order valence-electron chi connectivity index (χ0n) is 14.9. The average molecular weight is 476 g/mol. The first-order chi connectivity index (χ1) is 14.0. The molecule has 0 fully saturated rings. The summed E-state index contributed by atoms with van der Waals surface area (Å²) in [6.45, 7) is 0. The predicted octanol–water partition coefficient (Wildman–Crippen LogP) is 3.47. The Hall–Kier alpha value is -2.68. The van der Waals surface area contributed by atoms with Crippen LogP contribution in [0.25, 0.3) is 0 Å². The summed E-state index contributed by atoms with van der Waals surface area (Å²) >= 11 is 9.35. The number of carbonyl (C=O) groups is 2. The van der Waals surface area contributed by atoms with Gasteiger partial charge in [0.2, 0.25) is 0 Å². The monoisotopic (exact) mass is 474 g/mol. The quantitative estimate of drug-likeness (QED) is 0.463. The van der Waals surface area contributed by atoms with Gasteiger partial charge in [-0.15, -0.1) is 0 Å². The number of nitrogens with zero attached hydrogens (tertiary/aromatic N) is 1. The number of aliphatic hydroxyl groups is 1. The smallest absolute Gasteiger partial charge is 0.271 e. The van der Waals surface area contributed by atoms with Crippen LogP contribution in [0.2, 0.25) is 5.02 Å². The van der Waals surface area contributed by atoms with Crippen LogP contribution in [0.1, 0.15) is 38.0 Å². The summed E-state index contributed by atoms with van der Waals surface area (Å²) in [5.41, 5.74) is 2.31. The molecule has 4 N–H and O–H groups in total. The van der Waals surface area contributed by atoms with E-state index in [0.717, 1.165) is 11.1 Å². The van der Waals surface area contributed by atoms with Crippen LogP contribution in [-0.2, 0) is 6.42 Å². The number of H-pyrrole nitrogens is 1. The van der Waals surface area contributed by atoms with Crippen LogP contribution < -0.4 is 10.6 Å². The number of benzene rings is 2. The average Bonchev–Trinajstić information content (AvgIpc) is 3.22.